The summed E-state index contributed by atoms with van der Waals surface area (Å²) >= 11 is 1.50. The fourth-order valence-electron chi connectivity index (χ4n) is 1.95. The van der Waals surface area contributed by atoms with Crippen LogP contribution in [0.4, 0.5) is 5.69 Å². The maximum Gasteiger partial charge on any atom is 0.269 e. The van der Waals surface area contributed by atoms with Crippen LogP contribution in [0.15, 0.2) is 48.0 Å². The molecule has 6 nitrogen and oxygen atoms in total. The lowest BCUT2D eigenvalue weighted by molar-refractivity contribution is -0.384. The highest BCUT2D eigenvalue weighted by molar-refractivity contribution is 7.13. The number of ether oxygens (including phenoxy) is 1. The molecule has 0 spiro atoms. The van der Waals surface area contributed by atoms with Crippen LogP contribution in [-0.2, 0) is 0 Å². The first-order chi connectivity index (χ1) is 10.7. The number of nitrogens with zero attached hydrogens (tertiary/aromatic N) is 3. The second kappa shape index (κ2) is 5.90. The van der Waals surface area contributed by atoms with Gasteiger partial charge in [-0.05, 0) is 18.2 Å². The van der Waals surface area contributed by atoms with Crippen LogP contribution in [0.5, 0.6) is 5.88 Å². The number of methoxy groups -OCH3 is 1. The third-order valence-corrected chi connectivity index (χ3v) is 3.96. The Bertz CT molecular complexity index is 815. The van der Waals surface area contributed by atoms with Crippen molar-refractivity contribution >= 4 is 17.0 Å². The van der Waals surface area contributed by atoms with E-state index in [0.717, 1.165) is 21.8 Å². The Hall–Kier alpha value is -2.80. The van der Waals surface area contributed by atoms with Crippen LogP contribution in [-0.4, -0.2) is 22.0 Å². The van der Waals surface area contributed by atoms with Crippen molar-refractivity contribution in [2.24, 2.45) is 0 Å². The molecular weight excluding hydrogens is 302 g/mol. The van der Waals surface area contributed by atoms with E-state index in [9.17, 15) is 10.1 Å². The van der Waals surface area contributed by atoms with E-state index in [1.807, 2.05) is 17.5 Å². The van der Waals surface area contributed by atoms with E-state index >= 15 is 0 Å². The molecule has 7 heteroatoms. The molecule has 0 fully saturated rings. The monoisotopic (exact) mass is 313 g/mol. The van der Waals surface area contributed by atoms with E-state index in [0.29, 0.717) is 5.88 Å². The van der Waals surface area contributed by atoms with Gasteiger partial charge in [0.1, 0.15) is 5.01 Å². The van der Waals surface area contributed by atoms with Crippen molar-refractivity contribution in [3.63, 3.8) is 0 Å². The molecule has 0 aliphatic carbocycles. The summed E-state index contributed by atoms with van der Waals surface area (Å²) < 4.78 is 5.11. The Kier molecular flexibility index (Phi) is 3.80. The number of nitro groups is 1. The minimum atomic E-state index is -0.417. The smallest absolute Gasteiger partial charge is 0.269 e. The van der Waals surface area contributed by atoms with Gasteiger partial charge in [0.25, 0.3) is 5.69 Å². The SMILES string of the molecule is COc1cc(-c2nc(-c3ccc([N+](=O)[O-])cc3)cs2)ccn1. The van der Waals surface area contributed by atoms with Crippen LogP contribution in [0.3, 0.4) is 0 Å². The van der Waals surface area contributed by atoms with Crippen LogP contribution in [0.25, 0.3) is 21.8 Å². The van der Waals surface area contributed by atoms with Crippen molar-refractivity contribution in [2.75, 3.05) is 7.11 Å². The molecule has 0 unspecified atom stereocenters. The first-order valence-electron chi connectivity index (χ1n) is 6.38. The molecule has 110 valence electrons. The van der Waals surface area contributed by atoms with Gasteiger partial charge in [0.2, 0.25) is 5.88 Å². The largest absolute Gasteiger partial charge is 0.481 e. The maximum atomic E-state index is 10.7. The Morgan fingerprint density at radius 1 is 1.18 bits per heavy atom. The van der Waals surface area contributed by atoms with E-state index in [-0.39, 0.29) is 5.69 Å². The van der Waals surface area contributed by atoms with Crippen molar-refractivity contribution in [1.82, 2.24) is 9.97 Å². The molecule has 3 rings (SSSR count). The summed E-state index contributed by atoms with van der Waals surface area (Å²) in [5.74, 6) is 0.532. The first kappa shape index (κ1) is 14.2. The highest BCUT2D eigenvalue weighted by Crippen LogP contribution is 2.30. The summed E-state index contributed by atoms with van der Waals surface area (Å²) in [5.41, 5.74) is 2.61. The minimum absolute atomic E-state index is 0.0677. The number of rotatable bonds is 4. The molecule has 0 bridgehead atoms. The molecule has 2 heterocycles. The number of nitro benzene ring substituents is 1. The Morgan fingerprint density at radius 3 is 2.64 bits per heavy atom. The van der Waals surface area contributed by atoms with Gasteiger partial charge >= 0.3 is 0 Å². The average molecular weight is 313 g/mol. The molecule has 22 heavy (non-hydrogen) atoms. The van der Waals surface area contributed by atoms with Crippen molar-refractivity contribution in [2.45, 2.75) is 0 Å². The molecule has 0 radical (unpaired) electrons. The summed E-state index contributed by atoms with van der Waals surface area (Å²) in [6.07, 6.45) is 1.67. The van der Waals surface area contributed by atoms with E-state index in [1.54, 1.807) is 25.4 Å². The molecular formula is C15H11N3O3S. The quantitative estimate of drug-likeness (QED) is 0.541. The van der Waals surface area contributed by atoms with Gasteiger partial charge in [0.05, 0.1) is 17.7 Å². The number of thiazole rings is 1. The van der Waals surface area contributed by atoms with Gasteiger partial charge in [-0.2, -0.15) is 0 Å². The van der Waals surface area contributed by atoms with Crippen LogP contribution >= 0.6 is 11.3 Å². The molecule has 0 saturated heterocycles. The van der Waals surface area contributed by atoms with Gasteiger partial charge < -0.3 is 4.74 Å². The topological polar surface area (TPSA) is 78.2 Å². The van der Waals surface area contributed by atoms with Gasteiger partial charge in [0, 0.05) is 40.9 Å². The predicted molar refractivity (Wildman–Crippen MR) is 84.0 cm³/mol. The Morgan fingerprint density at radius 2 is 1.95 bits per heavy atom. The van der Waals surface area contributed by atoms with Crippen LogP contribution in [0.2, 0.25) is 0 Å². The highest BCUT2D eigenvalue weighted by atomic mass is 32.1. The second-order valence-electron chi connectivity index (χ2n) is 4.43. The number of hydrogen-bond acceptors (Lipinski definition) is 6. The number of pyridine rings is 1. The maximum absolute atomic E-state index is 10.7. The Labute approximate surface area is 130 Å². The van der Waals surface area contributed by atoms with Crippen molar-refractivity contribution in [1.29, 1.82) is 0 Å². The fraction of sp³-hybridized carbons (Fsp3) is 0.0667. The highest BCUT2D eigenvalue weighted by Gasteiger charge is 2.10. The summed E-state index contributed by atoms with van der Waals surface area (Å²) in [6, 6.07) is 10.0. The van der Waals surface area contributed by atoms with Crippen molar-refractivity contribution < 1.29 is 9.66 Å². The van der Waals surface area contributed by atoms with E-state index in [2.05, 4.69) is 9.97 Å². The first-order valence-corrected chi connectivity index (χ1v) is 7.26. The van der Waals surface area contributed by atoms with Crippen molar-refractivity contribution in [3.05, 3.63) is 58.1 Å². The summed E-state index contributed by atoms with van der Waals surface area (Å²) in [6.45, 7) is 0. The third kappa shape index (κ3) is 2.79. The second-order valence-corrected chi connectivity index (χ2v) is 5.29. The minimum Gasteiger partial charge on any atom is -0.481 e. The molecule has 3 aromatic rings. The summed E-state index contributed by atoms with van der Waals surface area (Å²) in [5, 5.41) is 13.4. The number of benzene rings is 1. The van der Waals surface area contributed by atoms with Crippen LogP contribution in [0, 0.1) is 10.1 Å². The zero-order valence-corrected chi connectivity index (χ0v) is 12.4. The zero-order valence-electron chi connectivity index (χ0n) is 11.6. The zero-order chi connectivity index (χ0) is 15.5. The predicted octanol–water partition coefficient (Wildman–Crippen LogP) is 3.79. The molecule has 2 aromatic heterocycles. The van der Waals surface area contributed by atoms with E-state index < -0.39 is 4.92 Å². The lowest BCUT2D eigenvalue weighted by atomic mass is 10.1. The lowest BCUT2D eigenvalue weighted by Gasteiger charge is -2.00. The van der Waals surface area contributed by atoms with Crippen molar-refractivity contribution in [3.8, 4) is 27.7 Å². The fourth-order valence-corrected chi connectivity index (χ4v) is 2.77. The normalized spacial score (nSPS) is 10.4. The third-order valence-electron chi connectivity index (χ3n) is 3.07. The summed E-state index contributed by atoms with van der Waals surface area (Å²) in [4.78, 5) is 18.9. The van der Waals surface area contributed by atoms with Gasteiger partial charge in [-0.1, -0.05) is 0 Å². The van der Waals surface area contributed by atoms with Gasteiger partial charge in [0.15, 0.2) is 0 Å². The van der Waals surface area contributed by atoms with Gasteiger partial charge in [-0.15, -0.1) is 11.3 Å². The standard InChI is InChI=1S/C15H11N3O3S/c1-21-14-8-11(6-7-16-14)15-17-13(9-22-15)10-2-4-12(5-3-10)18(19)20/h2-9H,1H3. The molecule has 0 N–H and O–H groups in total. The molecule has 0 amide bonds. The van der Waals surface area contributed by atoms with Crippen LogP contribution < -0.4 is 4.74 Å². The number of aromatic nitrogens is 2. The molecule has 0 aliphatic rings. The van der Waals surface area contributed by atoms with Gasteiger partial charge in [-0.3, -0.25) is 10.1 Å². The van der Waals surface area contributed by atoms with E-state index in [4.69, 9.17) is 4.74 Å². The number of hydrogen-bond donors (Lipinski definition) is 0. The molecule has 1 aromatic carbocycles. The molecule has 0 aliphatic heterocycles. The number of non-ortho nitro benzene ring substituents is 1. The summed E-state index contributed by atoms with van der Waals surface area (Å²) in [7, 11) is 1.57. The Balaban J connectivity index is 1.91. The van der Waals surface area contributed by atoms with E-state index in [1.165, 1.54) is 23.5 Å². The van der Waals surface area contributed by atoms with Crippen LogP contribution in [0.1, 0.15) is 0 Å². The molecule has 0 atom stereocenters. The average Bonchev–Trinajstić information content (AvgIpc) is 3.05. The lowest BCUT2D eigenvalue weighted by Crippen LogP contribution is -1.88. The molecule has 0 saturated carbocycles. The van der Waals surface area contributed by atoms with Gasteiger partial charge in [-0.25, -0.2) is 9.97 Å².